The first kappa shape index (κ1) is 14.5. The Morgan fingerprint density at radius 2 is 2.00 bits per heavy atom. The van der Waals surface area contributed by atoms with Crippen LogP contribution in [0.15, 0.2) is 40.9 Å². The predicted octanol–water partition coefficient (Wildman–Crippen LogP) is 4.79. The Hall–Kier alpha value is -0.900. The van der Waals surface area contributed by atoms with Gasteiger partial charge >= 0.3 is 0 Å². The fourth-order valence-corrected chi connectivity index (χ4v) is 2.92. The molecule has 2 aromatic rings. The molecule has 19 heavy (non-hydrogen) atoms. The van der Waals surface area contributed by atoms with Crippen molar-refractivity contribution in [1.29, 1.82) is 0 Å². The minimum absolute atomic E-state index is 0.167. The number of aryl methyl sites for hydroxylation is 1. The van der Waals surface area contributed by atoms with Gasteiger partial charge in [0.05, 0.1) is 0 Å². The van der Waals surface area contributed by atoms with E-state index in [4.69, 9.17) is 17.3 Å². The Kier molecular flexibility index (Phi) is 4.61. The number of benzene rings is 2. The van der Waals surface area contributed by atoms with Gasteiger partial charge in [0, 0.05) is 15.5 Å². The summed E-state index contributed by atoms with van der Waals surface area (Å²) in [7, 11) is 0. The highest BCUT2D eigenvalue weighted by Crippen LogP contribution is 2.25. The molecule has 0 spiro atoms. The van der Waals surface area contributed by atoms with Crippen molar-refractivity contribution in [3.8, 4) is 0 Å². The number of nitrogens with two attached hydrogens (primary N) is 1. The number of hydrogen-bond donors (Lipinski definition) is 1. The van der Waals surface area contributed by atoms with Gasteiger partial charge in [0.15, 0.2) is 0 Å². The van der Waals surface area contributed by atoms with Crippen LogP contribution in [-0.2, 0) is 6.42 Å². The van der Waals surface area contributed by atoms with Gasteiger partial charge < -0.3 is 5.73 Å². The van der Waals surface area contributed by atoms with E-state index in [1.54, 1.807) is 6.07 Å². The maximum absolute atomic E-state index is 13.1. The molecule has 0 amide bonds. The van der Waals surface area contributed by atoms with Crippen molar-refractivity contribution < 1.29 is 4.39 Å². The summed E-state index contributed by atoms with van der Waals surface area (Å²) >= 11 is 9.42. The van der Waals surface area contributed by atoms with Gasteiger partial charge in [-0.1, -0.05) is 33.6 Å². The van der Waals surface area contributed by atoms with Crippen LogP contribution in [-0.4, -0.2) is 0 Å². The largest absolute Gasteiger partial charge is 0.324 e. The topological polar surface area (TPSA) is 26.0 Å². The summed E-state index contributed by atoms with van der Waals surface area (Å²) < 4.78 is 14.0. The minimum atomic E-state index is -0.222. The van der Waals surface area contributed by atoms with E-state index >= 15 is 0 Å². The van der Waals surface area contributed by atoms with E-state index in [1.165, 1.54) is 12.1 Å². The third-order valence-corrected chi connectivity index (χ3v) is 3.73. The summed E-state index contributed by atoms with van der Waals surface area (Å²) in [6, 6.07) is 10.2. The van der Waals surface area contributed by atoms with Gasteiger partial charge in [-0.15, -0.1) is 0 Å². The first-order valence-corrected chi connectivity index (χ1v) is 7.09. The Morgan fingerprint density at radius 1 is 1.26 bits per heavy atom. The molecule has 1 unspecified atom stereocenters. The average molecular weight is 343 g/mol. The molecule has 1 nitrogen and oxygen atoms in total. The van der Waals surface area contributed by atoms with Crippen molar-refractivity contribution in [1.82, 2.24) is 0 Å². The Bertz CT molecular complexity index is 580. The summed E-state index contributed by atoms with van der Waals surface area (Å²) in [6.07, 6.45) is 0.652. The maximum Gasteiger partial charge on any atom is 0.123 e. The van der Waals surface area contributed by atoms with Gasteiger partial charge in [-0.25, -0.2) is 4.39 Å². The third-order valence-electron chi connectivity index (χ3n) is 3.06. The molecule has 0 saturated heterocycles. The lowest BCUT2D eigenvalue weighted by molar-refractivity contribution is 0.624. The molecule has 2 rings (SSSR count). The quantitative estimate of drug-likeness (QED) is 0.852. The Labute approximate surface area is 125 Å². The van der Waals surface area contributed by atoms with E-state index < -0.39 is 0 Å². The van der Waals surface area contributed by atoms with Crippen LogP contribution < -0.4 is 5.73 Å². The zero-order valence-corrected chi connectivity index (χ0v) is 12.8. The van der Waals surface area contributed by atoms with Crippen LogP contribution in [0.1, 0.15) is 22.7 Å². The molecular formula is C15H14BrClFN. The summed E-state index contributed by atoms with van der Waals surface area (Å²) in [6.45, 7) is 1.89. The van der Waals surface area contributed by atoms with E-state index in [-0.39, 0.29) is 11.9 Å². The molecule has 0 aliphatic carbocycles. The first-order chi connectivity index (χ1) is 8.95. The van der Waals surface area contributed by atoms with Crippen LogP contribution in [0.2, 0.25) is 5.02 Å². The highest BCUT2D eigenvalue weighted by Gasteiger charge is 2.11. The molecule has 100 valence electrons. The van der Waals surface area contributed by atoms with Gasteiger partial charge in [0.2, 0.25) is 0 Å². The van der Waals surface area contributed by atoms with E-state index in [9.17, 15) is 4.39 Å². The zero-order valence-electron chi connectivity index (χ0n) is 10.5. The zero-order chi connectivity index (χ0) is 14.0. The van der Waals surface area contributed by atoms with Crippen molar-refractivity contribution in [2.45, 2.75) is 19.4 Å². The second-order valence-electron chi connectivity index (χ2n) is 4.58. The third kappa shape index (κ3) is 3.78. The van der Waals surface area contributed by atoms with Crippen molar-refractivity contribution >= 4 is 27.5 Å². The molecular weight excluding hydrogens is 329 g/mol. The van der Waals surface area contributed by atoms with Crippen LogP contribution in [0, 0.1) is 12.7 Å². The van der Waals surface area contributed by atoms with Crippen LogP contribution in [0.3, 0.4) is 0 Å². The molecule has 1 atom stereocenters. The second-order valence-corrected chi connectivity index (χ2v) is 5.94. The fourth-order valence-electron chi connectivity index (χ4n) is 2.03. The molecule has 0 fully saturated rings. The Morgan fingerprint density at radius 3 is 2.63 bits per heavy atom. The number of rotatable bonds is 3. The highest BCUT2D eigenvalue weighted by molar-refractivity contribution is 9.10. The minimum Gasteiger partial charge on any atom is -0.324 e. The number of hydrogen-bond acceptors (Lipinski definition) is 1. The van der Waals surface area contributed by atoms with Gasteiger partial charge in [0.1, 0.15) is 5.82 Å². The van der Waals surface area contributed by atoms with Crippen molar-refractivity contribution in [2.24, 2.45) is 5.73 Å². The molecule has 0 saturated carbocycles. The average Bonchev–Trinajstić information content (AvgIpc) is 2.31. The molecule has 0 aliphatic rings. The van der Waals surface area contributed by atoms with E-state index in [0.717, 1.165) is 21.2 Å². The lowest BCUT2D eigenvalue weighted by atomic mass is 9.97. The molecule has 2 aromatic carbocycles. The molecule has 0 radical (unpaired) electrons. The van der Waals surface area contributed by atoms with E-state index in [0.29, 0.717) is 11.4 Å². The lowest BCUT2D eigenvalue weighted by Gasteiger charge is -2.15. The van der Waals surface area contributed by atoms with Crippen LogP contribution in [0.5, 0.6) is 0 Å². The van der Waals surface area contributed by atoms with Crippen molar-refractivity contribution in [3.63, 3.8) is 0 Å². The van der Waals surface area contributed by atoms with Gasteiger partial charge in [0.25, 0.3) is 0 Å². The predicted molar refractivity (Wildman–Crippen MR) is 80.9 cm³/mol. The smallest absolute Gasteiger partial charge is 0.123 e. The molecule has 4 heteroatoms. The monoisotopic (exact) mass is 341 g/mol. The van der Waals surface area contributed by atoms with Gasteiger partial charge in [-0.05, 0) is 60.4 Å². The number of halogens is 3. The molecule has 0 heterocycles. The fraction of sp³-hybridized carbons (Fsp3) is 0.200. The first-order valence-electron chi connectivity index (χ1n) is 5.92. The normalized spacial score (nSPS) is 12.5. The highest BCUT2D eigenvalue weighted by atomic mass is 79.9. The van der Waals surface area contributed by atoms with Crippen LogP contribution in [0.4, 0.5) is 4.39 Å². The van der Waals surface area contributed by atoms with E-state index in [2.05, 4.69) is 15.9 Å². The Balaban J connectivity index is 2.22. The summed E-state index contributed by atoms with van der Waals surface area (Å²) in [5.74, 6) is -0.222. The maximum atomic E-state index is 13.1. The summed E-state index contributed by atoms with van der Waals surface area (Å²) in [4.78, 5) is 0. The second kappa shape index (κ2) is 6.04. The molecule has 0 aromatic heterocycles. The van der Waals surface area contributed by atoms with Crippen LogP contribution in [0.25, 0.3) is 0 Å². The SMILES string of the molecule is Cc1cc(F)ccc1CC(N)c1cc(Cl)cc(Br)c1. The van der Waals surface area contributed by atoms with Crippen LogP contribution >= 0.6 is 27.5 Å². The summed E-state index contributed by atoms with van der Waals surface area (Å²) in [5.41, 5.74) is 9.12. The van der Waals surface area contributed by atoms with Crippen molar-refractivity contribution in [3.05, 3.63) is 68.4 Å². The van der Waals surface area contributed by atoms with Gasteiger partial charge in [-0.3, -0.25) is 0 Å². The van der Waals surface area contributed by atoms with Gasteiger partial charge in [-0.2, -0.15) is 0 Å². The molecule has 2 N–H and O–H groups in total. The lowest BCUT2D eigenvalue weighted by Crippen LogP contribution is -2.14. The standard InChI is InChI=1S/C15H14BrClFN/c1-9-4-14(18)3-2-10(9)7-15(19)11-5-12(16)8-13(17)6-11/h2-6,8,15H,7,19H2,1H3. The molecule has 0 aliphatic heterocycles. The van der Waals surface area contributed by atoms with Crippen molar-refractivity contribution in [2.75, 3.05) is 0 Å². The summed E-state index contributed by atoms with van der Waals surface area (Å²) in [5, 5.41) is 0.649. The molecule has 0 bridgehead atoms. The van der Waals surface area contributed by atoms with E-state index in [1.807, 2.05) is 25.1 Å².